The van der Waals surface area contributed by atoms with E-state index in [9.17, 15) is 14.0 Å². The molecule has 0 unspecified atom stereocenters. The van der Waals surface area contributed by atoms with Crippen molar-refractivity contribution in [2.24, 2.45) is 0 Å². The monoisotopic (exact) mass is 335 g/mol. The van der Waals surface area contributed by atoms with Crippen LogP contribution in [0.2, 0.25) is 0 Å². The van der Waals surface area contributed by atoms with Gasteiger partial charge in [0.2, 0.25) is 5.91 Å². The lowest BCUT2D eigenvalue weighted by molar-refractivity contribution is -0.121. The van der Waals surface area contributed by atoms with Crippen molar-refractivity contribution in [1.82, 2.24) is 16.0 Å². The average molecular weight is 335 g/mol. The summed E-state index contributed by atoms with van der Waals surface area (Å²) in [5.74, 6) is -0.447. The molecule has 1 aromatic carbocycles. The van der Waals surface area contributed by atoms with Crippen molar-refractivity contribution in [3.8, 4) is 0 Å². The molecule has 1 aromatic rings. The number of carbonyl (C=O) groups excluding carboxylic acids is 2. The lowest BCUT2D eigenvalue weighted by Crippen LogP contribution is -2.43. The second-order valence-corrected chi connectivity index (χ2v) is 6.35. The van der Waals surface area contributed by atoms with Crippen molar-refractivity contribution in [2.75, 3.05) is 6.54 Å². The number of aryl methyl sites for hydroxylation is 1. The fraction of sp³-hybridized carbons (Fsp3) is 0.556. The largest absolute Gasteiger partial charge is 0.352 e. The lowest BCUT2D eigenvalue weighted by Gasteiger charge is -2.22. The zero-order valence-corrected chi connectivity index (χ0v) is 14.2. The number of hydrogen-bond acceptors (Lipinski definition) is 2. The first kappa shape index (κ1) is 18.2. The van der Waals surface area contributed by atoms with Gasteiger partial charge in [0.25, 0.3) is 0 Å². The van der Waals surface area contributed by atoms with Gasteiger partial charge in [-0.05, 0) is 37.0 Å². The summed E-state index contributed by atoms with van der Waals surface area (Å²) in [5, 5.41) is 8.37. The standard InChI is InChI=1S/C18H26FN3O2/c1-13-7-8-14(11-16(13)19)12-21-17(23)9-10-20-18(24)22-15-5-3-2-4-6-15/h7-8,11,15H,2-6,9-10,12H2,1H3,(H,21,23)(H2,20,22,24). The van der Waals surface area contributed by atoms with Crippen molar-refractivity contribution >= 4 is 11.9 Å². The van der Waals surface area contributed by atoms with E-state index in [4.69, 9.17) is 0 Å². The summed E-state index contributed by atoms with van der Waals surface area (Å²) >= 11 is 0. The summed E-state index contributed by atoms with van der Waals surface area (Å²) in [6.07, 6.45) is 5.82. The van der Waals surface area contributed by atoms with Crippen molar-refractivity contribution in [1.29, 1.82) is 0 Å². The number of rotatable bonds is 6. The molecular weight excluding hydrogens is 309 g/mol. The van der Waals surface area contributed by atoms with E-state index in [0.717, 1.165) is 31.2 Å². The van der Waals surface area contributed by atoms with Crippen molar-refractivity contribution in [3.05, 3.63) is 35.1 Å². The van der Waals surface area contributed by atoms with E-state index >= 15 is 0 Å². The fourth-order valence-corrected chi connectivity index (χ4v) is 2.81. The maximum Gasteiger partial charge on any atom is 0.315 e. The first-order chi connectivity index (χ1) is 11.5. The Morgan fingerprint density at radius 3 is 2.62 bits per heavy atom. The minimum Gasteiger partial charge on any atom is -0.352 e. The Hall–Kier alpha value is -2.11. The van der Waals surface area contributed by atoms with E-state index in [1.807, 2.05) is 0 Å². The van der Waals surface area contributed by atoms with Gasteiger partial charge in [0.05, 0.1) is 0 Å². The third kappa shape index (κ3) is 6.18. The SMILES string of the molecule is Cc1ccc(CNC(=O)CCNC(=O)NC2CCCCC2)cc1F. The van der Waals surface area contributed by atoms with Gasteiger partial charge in [0, 0.05) is 25.6 Å². The topological polar surface area (TPSA) is 70.2 Å². The van der Waals surface area contributed by atoms with Crippen LogP contribution in [0.25, 0.3) is 0 Å². The number of nitrogens with one attached hydrogen (secondary N) is 3. The van der Waals surface area contributed by atoms with Crippen molar-refractivity contribution in [2.45, 2.75) is 58.0 Å². The van der Waals surface area contributed by atoms with Crippen LogP contribution in [0, 0.1) is 12.7 Å². The zero-order chi connectivity index (χ0) is 17.4. The quantitative estimate of drug-likeness (QED) is 0.748. The molecule has 3 amide bonds. The predicted octanol–water partition coefficient (Wildman–Crippen LogP) is 2.77. The molecule has 24 heavy (non-hydrogen) atoms. The maximum atomic E-state index is 13.4. The smallest absolute Gasteiger partial charge is 0.315 e. The molecule has 1 aliphatic rings. The number of amides is 3. The second-order valence-electron chi connectivity index (χ2n) is 6.35. The highest BCUT2D eigenvalue weighted by Crippen LogP contribution is 2.17. The Balaban J connectivity index is 1.60. The van der Waals surface area contributed by atoms with E-state index in [-0.39, 0.29) is 43.3 Å². The molecule has 5 nitrogen and oxygen atoms in total. The fourth-order valence-electron chi connectivity index (χ4n) is 2.81. The Morgan fingerprint density at radius 2 is 1.92 bits per heavy atom. The summed E-state index contributed by atoms with van der Waals surface area (Å²) in [6, 6.07) is 4.94. The van der Waals surface area contributed by atoms with Crippen molar-refractivity contribution in [3.63, 3.8) is 0 Å². The van der Waals surface area contributed by atoms with Crippen LogP contribution in [0.15, 0.2) is 18.2 Å². The summed E-state index contributed by atoms with van der Waals surface area (Å²) in [4.78, 5) is 23.5. The Bertz CT molecular complexity index is 571. The van der Waals surface area contributed by atoms with Gasteiger partial charge in [-0.25, -0.2) is 9.18 Å². The van der Waals surface area contributed by atoms with Crippen LogP contribution in [0.1, 0.15) is 49.7 Å². The van der Waals surface area contributed by atoms with Gasteiger partial charge in [-0.1, -0.05) is 31.4 Å². The van der Waals surface area contributed by atoms with E-state index < -0.39 is 0 Å². The van der Waals surface area contributed by atoms with Crippen LogP contribution < -0.4 is 16.0 Å². The van der Waals surface area contributed by atoms with Crippen LogP contribution in [0.3, 0.4) is 0 Å². The number of urea groups is 1. The third-order valence-corrected chi connectivity index (χ3v) is 4.30. The summed E-state index contributed by atoms with van der Waals surface area (Å²) in [7, 11) is 0. The molecule has 2 rings (SSSR count). The lowest BCUT2D eigenvalue weighted by atomic mass is 9.96. The zero-order valence-electron chi connectivity index (χ0n) is 14.2. The van der Waals surface area contributed by atoms with E-state index in [2.05, 4.69) is 16.0 Å². The predicted molar refractivity (Wildman–Crippen MR) is 91.0 cm³/mol. The Labute approximate surface area is 142 Å². The normalized spacial score (nSPS) is 14.9. The molecule has 6 heteroatoms. The Kier molecular flexibility index (Phi) is 7.03. The van der Waals surface area contributed by atoms with Crippen LogP contribution in [-0.4, -0.2) is 24.5 Å². The Morgan fingerprint density at radius 1 is 1.17 bits per heavy atom. The van der Waals surface area contributed by atoms with Gasteiger partial charge < -0.3 is 16.0 Å². The van der Waals surface area contributed by atoms with Gasteiger partial charge in [-0.2, -0.15) is 0 Å². The van der Waals surface area contributed by atoms with E-state index in [1.54, 1.807) is 19.1 Å². The molecule has 1 fully saturated rings. The van der Waals surface area contributed by atoms with Crippen LogP contribution in [0.5, 0.6) is 0 Å². The molecule has 132 valence electrons. The summed E-state index contributed by atoms with van der Waals surface area (Å²) in [5.41, 5.74) is 1.30. The molecule has 1 aliphatic carbocycles. The van der Waals surface area contributed by atoms with Crippen LogP contribution in [-0.2, 0) is 11.3 Å². The summed E-state index contributed by atoms with van der Waals surface area (Å²) in [6.45, 7) is 2.26. The first-order valence-corrected chi connectivity index (χ1v) is 8.60. The molecule has 0 atom stereocenters. The molecule has 0 spiro atoms. The molecule has 0 aromatic heterocycles. The number of hydrogen-bond donors (Lipinski definition) is 3. The minimum atomic E-state index is -0.275. The van der Waals surface area contributed by atoms with Crippen molar-refractivity contribution < 1.29 is 14.0 Å². The number of carbonyl (C=O) groups is 2. The van der Waals surface area contributed by atoms with Crippen LogP contribution >= 0.6 is 0 Å². The number of benzene rings is 1. The maximum absolute atomic E-state index is 13.4. The highest BCUT2D eigenvalue weighted by atomic mass is 19.1. The van der Waals surface area contributed by atoms with Gasteiger partial charge in [-0.15, -0.1) is 0 Å². The minimum absolute atomic E-state index is 0.172. The molecule has 0 saturated heterocycles. The molecule has 0 aliphatic heterocycles. The first-order valence-electron chi connectivity index (χ1n) is 8.60. The van der Waals surface area contributed by atoms with E-state index in [0.29, 0.717) is 5.56 Å². The third-order valence-electron chi connectivity index (χ3n) is 4.30. The van der Waals surface area contributed by atoms with Gasteiger partial charge in [-0.3, -0.25) is 4.79 Å². The molecule has 0 heterocycles. The summed E-state index contributed by atoms with van der Waals surface area (Å²) < 4.78 is 13.4. The highest BCUT2D eigenvalue weighted by Gasteiger charge is 2.15. The second kappa shape index (κ2) is 9.25. The molecule has 0 bridgehead atoms. The molecule has 3 N–H and O–H groups in total. The van der Waals surface area contributed by atoms with Gasteiger partial charge in [0.15, 0.2) is 0 Å². The number of halogens is 1. The van der Waals surface area contributed by atoms with Gasteiger partial charge >= 0.3 is 6.03 Å². The van der Waals surface area contributed by atoms with Gasteiger partial charge in [0.1, 0.15) is 5.82 Å². The molecule has 1 saturated carbocycles. The molecule has 0 radical (unpaired) electrons. The van der Waals surface area contributed by atoms with E-state index in [1.165, 1.54) is 12.5 Å². The average Bonchev–Trinajstić information content (AvgIpc) is 2.57. The molecular formula is C18H26FN3O2. The highest BCUT2D eigenvalue weighted by molar-refractivity contribution is 5.78. The van der Waals surface area contributed by atoms with Crippen LogP contribution in [0.4, 0.5) is 9.18 Å².